The molecule has 1 unspecified atom stereocenters. The van der Waals surface area contributed by atoms with Gasteiger partial charge in [0, 0.05) is 29.6 Å². The Bertz CT molecular complexity index is 771. The number of thiazole rings is 1. The minimum Gasteiger partial charge on any atom is -0.365 e. The van der Waals surface area contributed by atoms with Gasteiger partial charge in [-0.25, -0.2) is 4.98 Å². The second-order valence-corrected chi connectivity index (χ2v) is 7.73. The number of rotatable bonds is 7. The van der Waals surface area contributed by atoms with Gasteiger partial charge in [-0.3, -0.25) is 0 Å². The average Bonchev–Trinajstić information content (AvgIpc) is 3.11. The van der Waals surface area contributed by atoms with Gasteiger partial charge in [0.1, 0.15) is 6.29 Å². The van der Waals surface area contributed by atoms with E-state index < -0.39 is 0 Å². The molecule has 3 nitrogen and oxygen atoms in total. The van der Waals surface area contributed by atoms with E-state index in [1.807, 2.05) is 62.7 Å². The highest BCUT2D eigenvalue weighted by atomic mass is 79.9. The molecule has 2 aromatic rings. The van der Waals surface area contributed by atoms with Gasteiger partial charge in [-0.05, 0) is 18.6 Å². The molecule has 0 saturated heterocycles. The third-order valence-corrected chi connectivity index (χ3v) is 5.57. The molecule has 6 heteroatoms. The Labute approximate surface area is 172 Å². The van der Waals surface area contributed by atoms with Crippen molar-refractivity contribution in [2.24, 2.45) is 0 Å². The lowest BCUT2D eigenvalue weighted by Crippen LogP contribution is -1.99. The lowest BCUT2D eigenvalue weighted by Gasteiger charge is -2.00. The minimum atomic E-state index is -0.169. The van der Waals surface area contributed by atoms with Gasteiger partial charge in [-0.2, -0.15) is 0 Å². The van der Waals surface area contributed by atoms with Crippen molar-refractivity contribution in [2.75, 3.05) is 12.4 Å². The molecule has 0 spiro atoms. The minimum absolute atomic E-state index is 0.169. The van der Waals surface area contributed by atoms with Gasteiger partial charge in [0.2, 0.25) is 0 Å². The standard InChI is InChI=1S/C11H11ClN2S.C9H11BrO/c1-13-11-14-7-9(15-11)6-8-4-2-3-5-10(8)12;1-3-4-5-6-8(2)9(10)7-11/h2-5,7H,6H2,1H3,(H,13,14);3-7,9H,1H2,2H3/b;5-4-,8-6+. The van der Waals surface area contributed by atoms with Gasteiger partial charge in [-0.15, -0.1) is 11.3 Å². The topological polar surface area (TPSA) is 42.0 Å². The summed E-state index contributed by atoms with van der Waals surface area (Å²) in [4.78, 5) is 15.5. The summed E-state index contributed by atoms with van der Waals surface area (Å²) in [5, 5.41) is 4.78. The average molecular weight is 454 g/mol. The fraction of sp³-hybridized carbons (Fsp3) is 0.200. The molecule has 0 aliphatic carbocycles. The van der Waals surface area contributed by atoms with E-state index in [2.05, 4.69) is 32.8 Å². The number of allylic oxidation sites excluding steroid dienone is 5. The maximum atomic E-state index is 10.2. The molecule has 0 bridgehead atoms. The van der Waals surface area contributed by atoms with Crippen molar-refractivity contribution in [3.8, 4) is 0 Å². The molecule has 2 rings (SSSR count). The highest BCUT2D eigenvalue weighted by Gasteiger charge is 2.04. The number of hydrogen-bond donors (Lipinski definition) is 1. The first kappa shape index (κ1) is 22.4. The maximum absolute atomic E-state index is 10.2. The van der Waals surface area contributed by atoms with E-state index in [0.717, 1.165) is 34.0 Å². The molecule has 0 amide bonds. The van der Waals surface area contributed by atoms with Gasteiger partial charge < -0.3 is 10.1 Å². The first-order valence-corrected chi connectivity index (χ1v) is 10.0. The Morgan fingerprint density at radius 2 is 2.15 bits per heavy atom. The number of alkyl halides is 1. The fourth-order valence-electron chi connectivity index (χ4n) is 1.82. The molecule has 0 fully saturated rings. The zero-order valence-electron chi connectivity index (χ0n) is 14.8. The van der Waals surface area contributed by atoms with Crippen LogP contribution in [-0.4, -0.2) is 23.1 Å². The van der Waals surface area contributed by atoms with Crippen LogP contribution in [0.3, 0.4) is 0 Å². The third-order valence-electron chi connectivity index (χ3n) is 3.25. The summed E-state index contributed by atoms with van der Waals surface area (Å²) in [7, 11) is 1.87. The van der Waals surface area contributed by atoms with Crippen LogP contribution in [-0.2, 0) is 11.2 Å². The van der Waals surface area contributed by atoms with Gasteiger partial charge in [0.25, 0.3) is 0 Å². The van der Waals surface area contributed by atoms with Crippen LogP contribution < -0.4 is 5.32 Å². The van der Waals surface area contributed by atoms with E-state index in [0.29, 0.717) is 0 Å². The van der Waals surface area contributed by atoms with Crippen molar-refractivity contribution < 1.29 is 4.79 Å². The van der Waals surface area contributed by atoms with E-state index in [1.165, 1.54) is 4.88 Å². The highest BCUT2D eigenvalue weighted by Crippen LogP contribution is 2.24. The lowest BCUT2D eigenvalue weighted by atomic mass is 10.1. The summed E-state index contributed by atoms with van der Waals surface area (Å²) in [6, 6.07) is 7.90. The van der Waals surface area contributed by atoms with Crippen LogP contribution in [0.15, 0.2) is 66.9 Å². The monoisotopic (exact) mass is 452 g/mol. The Morgan fingerprint density at radius 3 is 2.73 bits per heavy atom. The summed E-state index contributed by atoms with van der Waals surface area (Å²) in [5.74, 6) is 0. The summed E-state index contributed by atoms with van der Waals surface area (Å²) in [5.41, 5.74) is 2.13. The van der Waals surface area contributed by atoms with Crippen LogP contribution in [0, 0.1) is 0 Å². The Hall–Kier alpha value is -1.69. The molecule has 1 aromatic carbocycles. The largest absolute Gasteiger partial charge is 0.365 e. The van der Waals surface area contributed by atoms with Crippen LogP contribution >= 0.6 is 38.9 Å². The number of halogens is 2. The number of nitrogens with one attached hydrogen (secondary N) is 1. The number of aromatic nitrogens is 1. The van der Waals surface area contributed by atoms with Crippen molar-refractivity contribution in [3.63, 3.8) is 0 Å². The van der Waals surface area contributed by atoms with E-state index in [9.17, 15) is 4.79 Å². The second-order valence-electron chi connectivity index (χ2n) is 5.22. The summed E-state index contributed by atoms with van der Waals surface area (Å²) in [6.07, 6.45) is 10.8. The number of carbonyl (C=O) groups is 1. The molecular weight excluding hydrogens is 432 g/mol. The number of aldehydes is 1. The zero-order chi connectivity index (χ0) is 19.4. The van der Waals surface area contributed by atoms with Crippen LogP contribution in [0.1, 0.15) is 17.4 Å². The van der Waals surface area contributed by atoms with E-state index in [-0.39, 0.29) is 4.83 Å². The molecule has 1 atom stereocenters. The lowest BCUT2D eigenvalue weighted by molar-refractivity contribution is -0.106. The molecule has 0 saturated carbocycles. The molecule has 0 radical (unpaired) electrons. The molecular formula is C20H22BrClN2OS. The van der Waals surface area contributed by atoms with Crippen molar-refractivity contribution in [3.05, 3.63) is 82.4 Å². The predicted molar refractivity (Wildman–Crippen MR) is 118 cm³/mol. The van der Waals surface area contributed by atoms with E-state index >= 15 is 0 Å². The summed E-state index contributed by atoms with van der Waals surface area (Å²) in [6.45, 7) is 5.42. The van der Waals surface area contributed by atoms with Crippen molar-refractivity contribution in [1.29, 1.82) is 0 Å². The normalized spacial score (nSPS) is 12.2. The molecule has 0 aliphatic heterocycles. The van der Waals surface area contributed by atoms with Gasteiger partial charge in [0.15, 0.2) is 5.13 Å². The molecule has 1 heterocycles. The Kier molecular flexibility index (Phi) is 10.9. The summed E-state index contributed by atoms with van der Waals surface area (Å²) < 4.78 is 0. The second kappa shape index (κ2) is 12.6. The molecule has 1 aromatic heterocycles. The quantitative estimate of drug-likeness (QED) is 0.314. The smallest absolute Gasteiger partial charge is 0.182 e. The summed E-state index contributed by atoms with van der Waals surface area (Å²) >= 11 is 10.9. The first-order valence-electron chi connectivity index (χ1n) is 7.93. The van der Waals surface area contributed by atoms with E-state index in [1.54, 1.807) is 17.4 Å². The van der Waals surface area contributed by atoms with Crippen molar-refractivity contribution in [2.45, 2.75) is 18.2 Å². The van der Waals surface area contributed by atoms with Gasteiger partial charge >= 0.3 is 0 Å². The number of carbonyl (C=O) groups excluding carboxylic acids is 1. The first-order chi connectivity index (χ1) is 12.5. The van der Waals surface area contributed by atoms with Gasteiger partial charge in [0.05, 0.1) is 4.83 Å². The molecule has 0 aliphatic rings. The SMILES string of the molecule is C=C/C=C\C=C(/C)C(Br)C=O.CNc1ncc(Cc2ccccc2Cl)s1. The van der Waals surface area contributed by atoms with Crippen molar-refractivity contribution in [1.82, 2.24) is 4.98 Å². The predicted octanol–water partition coefficient (Wildman–Crippen LogP) is 6.07. The zero-order valence-corrected chi connectivity index (χ0v) is 17.9. The van der Waals surface area contributed by atoms with Crippen LogP contribution in [0.25, 0.3) is 0 Å². The Morgan fingerprint density at radius 1 is 1.42 bits per heavy atom. The van der Waals surface area contributed by atoms with Crippen molar-refractivity contribution >= 4 is 50.3 Å². The molecule has 26 heavy (non-hydrogen) atoms. The van der Waals surface area contributed by atoms with Crippen LogP contribution in [0.2, 0.25) is 5.02 Å². The fourth-order valence-corrected chi connectivity index (χ4v) is 2.96. The van der Waals surface area contributed by atoms with Crippen LogP contribution in [0.4, 0.5) is 5.13 Å². The van der Waals surface area contributed by atoms with E-state index in [4.69, 9.17) is 11.6 Å². The number of benzene rings is 1. The number of hydrogen-bond acceptors (Lipinski definition) is 4. The van der Waals surface area contributed by atoms with Gasteiger partial charge in [-0.1, -0.05) is 82.2 Å². The number of anilines is 1. The maximum Gasteiger partial charge on any atom is 0.182 e. The highest BCUT2D eigenvalue weighted by molar-refractivity contribution is 9.10. The third kappa shape index (κ3) is 8.13. The molecule has 1 N–H and O–H groups in total. The Balaban J connectivity index is 0.000000276. The molecule has 138 valence electrons. The van der Waals surface area contributed by atoms with Crippen LogP contribution in [0.5, 0.6) is 0 Å². The number of nitrogens with zero attached hydrogens (tertiary/aromatic N) is 1.